The molecule has 0 bridgehead atoms. The van der Waals surface area contributed by atoms with Gasteiger partial charge in [-0.05, 0) is 49.2 Å². The number of hydrogen-bond donors (Lipinski definition) is 1. The Balaban J connectivity index is 1.80. The Hall–Kier alpha value is -1.85. The van der Waals surface area contributed by atoms with Crippen molar-refractivity contribution in [2.45, 2.75) is 25.9 Å². The molecule has 2 aromatic carbocycles. The van der Waals surface area contributed by atoms with Crippen LogP contribution in [0.3, 0.4) is 0 Å². The summed E-state index contributed by atoms with van der Waals surface area (Å²) in [6.07, 6.45) is 0.922. The lowest BCUT2D eigenvalue weighted by molar-refractivity contribution is 0.539. The smallest absolute Gasteiger partial charge is 0.0918 e. The van der Waals surface area contributed by atoms with E-state index in [1.165, 1.54) is 11.1 Å². The number of hydrogen-bond acceptors (Lipinski definition) is 3. The fourth-order valence-corrected chi connectivity index (χ4v) is 3.83. The highest BCUT2D eigenvalue weighted by molar-refractivity contribution is 9.10. The summed E-state index contributed by atoms with van der Waals surface area (Å²) in [5, 5.41) is 12.9. The van der Waals surface area contributed by atoms with Crippen molar-refractivity contribution >= 4 is 33.2 Å². The first-order chi connectivity index (χ1) is 11.6. The molecule has 3 aromatic rings. The molecule has 0 saturated carbocycles. The van der Waals surface area contributed by atoms with E-state index in [4.69, 9.17) is 11.6 Å². The number of nitrogens with one attached hydrogen (secondary N) is 1. The van der Waals surface area contributed by atoms with Gasteiger partial charge in [-0.3, -0.25) is 0 Å². The first-order valence-electron chi connectivity index (χ1n) is 7.84. The van der Waals surface area contributed by atoms with E-state index in [-0.39, 0.29) is 6.04 Å². The quantitative estimate of drug-likeness (QED) is 0.637. The van der Waals surface area contributed by atoms with Crippen molar-refractivity contribution in [3.63, 3.8) is 0 Å². The summed E-state index contributed by atoms with van der Waals surface area (Å²) in [6.45, 7) is 2.83. The number of fused-ring (bicyclic) bond motifs is 3. The highest BCUT2D eigenvalue weighted by atomic mass is 79.9. The molecule has 0 aliphatic carbocycles. The molecule has 1 N–H and O–H groups in total. The summed E-state index contributed by atoms with van der Waals surface area (Å²) >= 11 is 9.73. The normalized spacial score (nSPS) is 16.2. The van der Waals surface area contributed by atoms with Gasteiger partial charge in [-0.25, -0.2) is 4.68 Å². The minimum atomic E-state index is 0.178. The lowest BCUT2D eigenvalue weighted by Crippen LogP contribution is -2.12. The van der Waals surface area contributed by atoms with Gasteiger partial charge in [0.15, 0.2) is 0 Å². The van der Waals surface area contributed by atoms with E-state index >= 15 is 0 Å². The fourth-order valence-electron chi connectivity index (χ4n) is 3.26. The van der Waals surface area contributed by atoms with E-state index in [1.54, 1.807) is 0 Å². The predicted octanol–water partition coefficient (Wildman–Crippen LogP) is 5.23. The molecule has 6 heteroatoms. The zero-order chi connectivity index (χ0) is 16.7. The van der Waals surface area contributed by atoms with Gasteiger partial charge >= 0.3 is 0 Å². The first-order valence-corrected chi connectivity index (χ1v) is 9.01. The molecule has 4 rings (SSSR count). The van der Waals surface area contributed by atoms with Gasteiger partial charge in [0.05, 0.1) is 17.4 Å². The van der Waals surface area contributed by atoms with Crippen molar-refractivity contribution in [3.05, 3.63) is 63.2 Å². The molecule has 122 valence electrons. The molecule has 1 aromatic heterocycles. The number of aryl methyl sites for hydroxylation is 2. The zero-order valence-corrected chi connectivity index (χ0v) is 15.5. The predicted molar refractivity (Wildman–Crippen MR) is 100 cm³/mol. The van der Waals surface area contributed by atoms with Gasteiger partial charge in [0.2, 0.25) is 0 Å². The van der Waals surface area contributed by atoms with Crippen LogP contribution in [0.4, 0.5) is 5.69 Å². The Kier molecular flexibility index (Phi) is 4.06. The Labute approximate surface area is 154 Å². The molecule has 0 amide bonds. The molecule has 1 aliphatic rings. The maximum atomic E-state index is 6.13. The van der Waals surface area contributed by atoms with E-state index in [2.05, 4.69) is 49.8 Å². The highest BCUT2D eigenvalue weighted by Gasteiger charge is 2.25. The number of anilines is 1. The molecule has 24 heavy (non-hydrogen) atoms. The number of benzene rings is 2. The van der Waals surface area contributed by atoms with E-state index in [0.717, 1.165) is 39.5 Å². The van der Waals surface area contributed by atoms with Gasteiger partial charge in [-0.15, -0.1) is 5.10 Å². The van der Waals surface area contributed by atoms with Gasteiger partial charge in [0.1, 0.15) is 0 Å². The summed E-state index contributed by atoms with van der Waals surface area (Å²) < 4.78 is 3.07. The standard InChI is InChI=1S/C18H16BrClN4/c1-11-18-15-6-5-12(19)9-16(15)17(7-8-24(18)23-22-11)21-14-4-2-3-13(20)10-14/h2-6,9-10,17,21H,7-8H2,1H3. The molecule has 1 atom stereocenters. The molecule has 1 unspecified atom stereocenters. The van der Waals surface area contributed by atoms with E-state index in [9.17, 15) is 0 Å². The fraction of sp³-hybridized carbons (Fsp3) is 0.222. The van der Waals surface area contributed by atoms with Crippen LogP contribution in [0.25, 0.3) is 11.3 Å². The molecule has 0 fully saturated rings. The maximum Gasteiger partial charge on any atom is 0.0918 e. The monoisotopic (exact) mass is 402 g/mol. The topological polar surface area (TPSA) is 42.7 Å². The average Bonchev–Trinajstić information content (AvgIpc) is 2.84. The molecule has 0 spiro atoms. The maximum absolute atomic E-state index is 6.13. The van der Waals surface area contributed by atoms with Crippen LogP contribution in [0.2, 0.25) is 5.02 Å². The van der Waals surface area contributed by atoms with Crippen molar-refractivity contribution < 1.29 is 0 Å². The van der Waals surface area contributed by atoms with Crippen molar-refractivity contribution in [1.82, 2.24) is 15.0 Å². The molecule has 2 heterocycles. The third-order valence-corrected chi connectivity index (χ3v) is 5.07. The largest absolute Gasteiger partial charge is 0.378 e. The SMILES string of the molecule is Cc1nnn2c1-c1ccc(Br)cc1C(Nc1cccc(Cl)c1)CC2. The Morgan fingerprint density at radius 2 is 2.12 bits per heavy atom. The third kappa shape index (κ3) is 2.82. The van der Waals surface area contributed by atoms with Crippen LogP contribution in [-0.4, -0.2) is 15.0 Å². The number of rotatable bonds is 2. The second-order valence-corrected chi connectivity index (χ2v) is 7.33. The van der Waals surface area contributed by atoms with E-state index in [1.807, 2.05) is 35.9 Å². The molecular formula is C18H16BrClN4. The molecule has 4 nitrogen and oxygen atoms in total. The van der Waals surface area contributed by atoms with Gasteiger partial charge in [0, 0.05) is 27.3 Å². The lowest BCUT2D eigenvalue weighted by Gasteiger charge is -2.21. The average molecular weight is 404 g/mol. The summed E-state index contributed by atoms with van der Waals surface area (Å²) in [5.74, 6) is 0. The van der Waals surface area contributed by atoms with Crippen molar-refractivity contribution in [1.29, 1.82) is 0 Å². The molecular weight excluding hydrogens is 388 g/mol. The number of halogens is 2. The number of aromatic nitrogens is 3. The Morgan fingerprint density at radius 3 is 2.96 bits per heavy atom. The summed E-state index contributed by atoms with van der Waals surface area (Å²) in [6, 6.07) is 14.4. The third-order valence-electron chi connectivity index (χ3n) is 4.34. The number of nitrogens with zero attached hydrogens (tertiary/aromatic N) is 3. The second kappa shape index (κ2) is 6.22. The van der Waals surface area contributed by atoms with Gasteiger partial charge in [-0.2, -0.15) is 0 Å². The molecule has 0 saturated heterocycles. The zero-order valence-electron chi connectivity index (χ0n) is 13.1. The van der Waals surface area contributed by atoms with Gasteiger partial charge < -0.3 is 5.32 Å². The molecule has 1 aliphatic heterocycles. The second-order valence-electron chi connectivity index (χ2n) is 5.97. The summed E-state index contributed by atoms with van der Waals surface area (Å²) in [7, 11) is 0. The minimum Gasteiger partial charge on any atom is -0.378 e. The Bertz CT molecular complexity index is 906. The first kappa shape index (κ1) is 15.7. The Morgan fingerprint density at radius 1 is 1.25 bits per heavy atom. The summed E-state index contributed by atoms with van der Waals surface area (Å²) in [4.78, 5) is 0. The van der Waals surface area contributed by atoms with Crippen LogP contribution in [0.1, 0.15) is 23.7 Å². The van der Waals surface area contributed by atoms with Crippen molar-refractivity contribution in [2.75, 3.05) is 5.32 Å². The van der Waals surface area contributed by atoms with Crippen LogP contribution in [-0.2, 0) is 6.54 Å². The van der Waals surface area contributed by atoms with Crippen LogP contribution in [0.15, 0.2) is 46.9 Å². The molecule has 0 radical (unpaired) electrons. The summed E-state index contributed by atoms with van der Waals surface area (Å²) in [5.41, 5.74) is 5.51. The van der Waals surface area contributed by atoms with E-state index in [0.29, 0.717) is 0 Å². The van der Waals surface area contributed by atoms with Gasteiger partial charge in [-0.1, -0.05) is 44.9 Å². The van der Waals surface area contributed by atoms with E-state index < -0.39 is 0 Å². The van der Waals surface area contributed by atoms with Crippen LogP contribution in [0.5, 0.6) is 0 Å². The lowest BCUT2D eigenvalue weighted by atomic mass is 9.96. The van der Waals surface area contributed by atoms with Crippen LogP contribution in [0, 0.1) is 6.92 Å². The van der Waals surface area contributed by atoms with Gasteiger partial charge in [0.25, 0.3) is 0 Å². The van der Waals surface area contributed by atoms with Crippen LogP contribution >= 0.6 is 27.5 Å². The minimum absolute atomic E-state index is 0.178. The van der Waals surface area contributed by atoms with Crippen LogP contribution < -0.4 is 5.32 Å². The van der Waals surface area contributed by atoms with Crippen molar-refractivity contribution in [3.8, 4) is 11.3 Å². The van der Waals surface area contributed by atoms with Crippen molar-refractivity contribution in [2.24, 2.45) is 0 Å². The highest BCUT2D eigenvalue weighted by Crippen LogP contribution is 2.38.